The van der Waals surface area contributed by atoms with Crippen LogP contribution < -0.4 is 10.6 Å². The van der Waals surface area contributed by atoms with Crippen molar-refractivity contribution in [1.29, 1.82) is 0 Å². The minimum atomic E-state index is -5.17. The maximum absolute atomic E-state index is 13.5. The first-order valence-electron chi connectivity index (χ1n) is 6.90. The van der Waals surface area contributed by atoms with E-state index in [0.717, 1.165) is 0 Å². The van der Waals surface area contributed by atoms with Gasteiger partial charge in [0.2, 0.25) is 0 Å². The molecule has 0 spiro atoms. The van der Waals surface area contributed by atoms with Gasteiger partial charge in [-0.15, -0.1) is 0 Å². The molecular weight excluding hydrogens is 369 g/mol. The van der Waals surface area contributed by atoms with E-state index in [0.29, 0.717) is 10.6 Å². The van der Waals surface area contributed by atoms with Crippen LogP contribution in [0.3, 0.4) is 0 Å². The normalized spacial score (nSPS) is 27.2. The van der Waals surface area contributed by atoms with Gasteiger partial charge in [0, 0.05) is 5.02 Å². The number of carbonyl (C=O) groups excluding carboxylic acids is 1. The average Bonchev–Trinajstić information content (AvgIpc) is 2.46. The maximum atomic E-state index is 13.5. The van der Waals surface area contributed by atoms with Crippen LogP contribution in [0.1, 0.15) is 18.5 Å². The van der Waals surface area contributed by atoms with Crippen LogP contribution in [0.25, 0.3) is 0 Å². The molecule has 3 N–H and O–H groups in total. The number of benzene rings is 1. The Bertz CT molecular complexity index is 641. The number of carbonyl (C=O) groups is 1. The van der Waals surface area contributed by atoms with E-state index in [1.54, 1.807) is 5.32 Å². The Hall–Kier alpha value is -1.58. The number of halogens is 4. The summed E-state index contributed by atoms with van der Waals surface area (Å²) < 4.78 is 45.2. The second-order valence-electron chi connectivity index (χ2n) is 5.12. The quantitative estimate of drug-likeness (QED) is 0.550. The lowest BCUT2D eigenvalue weighted by Gasteiger charge is -2.45. The SMILES string of the molecule is CCOC(=O)[C@H]1[C@H](c2ccc(Cl)cc2)NC(=S)N[C@]1(O)C(F)(F)F. The molecule has 1 heterocycles. The van der Waals surface area contributed by atoms with Crippen molar-refractivity contribution in [2.75, 3.05) is 6.61 Å². The Labute approximate surface area is 146 Å². The van der Waals surface area contributed by atoms with Gasteiger partial charge in [-0.05, 0) is 36.8 Å². The molecule has 0 saturated carbocycles. The fourth-order valence-corrected chi connectivity index (χ4v) is 2.89. The fourth-order valence-electron chi connectivity index (χ4n) is 2.48. The van der Waals surface area contributed by atoms with Gasteiger partial charge < -0.3 is 20.5 Å². The van der Waals surface area contributed by atoms with E-state index in [2.05, 4.69) is 5.32 Å². The predicted molar refractivity (Wildman–Crippen MR) is 84.2 cm³/mol. The Morgan fingerprint density at radius 2 is 2.00 bits per heavy atom. The first kappa shape index (κ1) is 18.8. The van der Waals surface area contributed by atoms with Gasteiger partial charge in [-0.2, -0.15) is 13.2 Å². The number of thiocarbonyl (C=S) groups is 1. The highest BCUT2D eigenvalue weighted by Crippen LogP contribution is 2.43. The Kier molecular flexibility index (Phi) is 5.26. The smallest absolute Gasteiger partial charge is 0.437 e. The Morgan fingerprint density at radius 1 is 1.42 bits per heavy atom. The van der Waals surface area contributed by atoms with Crippen LogP contribution in [0.2, 0.25) is 5.02 Å². The Balaban J connectivity index is 2.55. The predicted octanol–water partition coefficient (Wildman–Crippen LogP) is 2.29. The van der Waals surface area contributed by atoms with E-state index < -0.39 is 34.9 Å². The molecule has 0 aromatic heterocycles. The molecule has 10 heteroatoms. The lowest BCUT2D eigenvalue weighted by atomic mass is 9.82. The van der Waals surface area contributed by atoms with Crippen molar-refractivity contribution in [2.45, 2.75) is 24.9 Å². The molecule has 0 bridgehead atoms. The molecule has 1 aliphatic rings. The number of hydrogen-bond donors (Lipinski definition) is 3. The first-order chi connectivity index (χ1) is 11.1. The summed E-state index contributed by atoms with van der Waals surface area (Å²) in [4.78, 5) is 12.2. The average molecular weight is 383 g/mol. The van der Waals surface area contributed by atoms with Gasteiger partial charge in [-0.25, -0.2) is 0 Å². The zero-order chi connectivity index (χ0) is 18.1. The lowest BCUT2D eigenvalue weighted by Crippen LogP contribution is -2.73. The van der Waals surface area contributed by atoms with Crippen molar-refractivity contribution in [3.05, 3.63) is 34.9 Å². The number of esters is 1. The third-order valence-corrected chi connectivity index (χ3v) is 4.05. The molecule has 0 unspecified atom stereocenters. The number of nitrogens with one attached hydrogen (secondary N) is 2. The topological polar surface area (TPSA) is 70.6 Å². The van der Waals surface area contributed by atoms with E-state index in [1.165, 1.54) is 31.2 Å². The highest BCUT2D eigenvalue weighted by atomic mass is 35.5. The van der Waals surface area contributed by atoms with Crippen LogP contribution >= 0.6 is 23.8 Å². The van der Waals surface area contributed by atoms with Gasteiger partial charge in [-0.1, -0.05) is 23.7 Å². The van der Waals surface area contributed by atoms with E-state index >= 15 is 0 Å². The zero-order valence-electron chi connectivity index (χ0n) is 12.4. The van der Waals surface area contributed by atoms with Crippen LogP contribution in [0.4, 0.5) is 13.2 Å². The largest absolute Gasteiger partial charge is 0.466 e. The minimum absolute atomic E-state index is 0.138. The van der Waals surface area contributed by atoms with Gasteiger partial charge in [-0.3, -0.25) is 4.79 Å². The van der Waals surface area contributed by atoms with Crippen molar-refractivity contribution in [2.24, 2.45) is 5.92 Å². The van der Waals surface area contributed by atoms with Crippen LogP contribution in [0.5, 0.6) is 0 Å². The standard InChI is InChI=1S/C14H14ClF3N2O3S/c1-2-23-11(21)9-10(7-3-5-8(15)6-4-7)19-12(24)20-13(9,22)14(16,17)18/h3-6,9-10,22H,2H2,1H3,(H2,19,20,24)/t9-,10+,13-/m1/s1. The molecule has 1 aromatic rings. The van der Waals surface area contributed by atoms with Gasteiger partial charge in [0.25, 0.3) is 5.72 Å². The summed E-state index contributed by atoms with van der Waals surface area (Å²) in [6, 6.07) is 4.55. The van der Waals surface area contributed by atoms with Crippen molar-refractivity contribution in [3.63, 3.8) is 0 Å². The highest BCUT2D eigenvalue weighted by Gasteiger charge is 2.66. The summed E-state index contributed by atoms with van der Waals surface area (Å²) in [5.41, 5.74) is -3.27. The van der Waals surface area contributed by atoms with Crippen molar-refractivity contribution < 1.29 is 27.8 Å². The summed E-state index contributed by atoms with van der Waals surface area (Å²) in [7, 11) is 0. The third kappa shape index (κ3) is 3.42. The molecule has 3 atom stereocenters. The van der Waals surface area contributed by atoms with E-state index in [9.17, 15) is 23.1 Å². The molecule has 1 saturated heterocycles. The van der Waals surface area contributed by atoms with E-state index in [4.69, 9.17) is 28.6 Å². The number of ether oxygens (including phenoxy) is 1. The Morgan fingerprint density at radius 3 is 2.50 bits per heavy atom. The third-order valence-electron chi connectivity index (χ3n) is 3.58. The van der Waals surface area contributed by atoms with Crippen molar-refractivity contribution >= 4 is 34.9 Å². The molecule has 1 aliphatic heterocycles. The molecule has 0 radical (unpaired) electrons. The zero-order valence-corrected chi connectivity index (χ0v) is 13.9. The monoisotopic (exact) mass is 382 g/mol. The second kappa shape index (κ2) is 6.73. The molecule has 24 heavy (non-hydrogen) atoms. The number of alkyl halides is 3. The van der Waals surface area contributed by atoms with Crippen molar-refractivity contribution in [3.8, 4) is 0 Å². The molecular formula is C14H14ClF3N2O3S. The summed E-state index contributed by atoms with van der Waals surface area (Å²) in [6.07, 6.45) is -5.17. The summed E-state index contributed by atoms with van der Waals surface area (Å²) in [6.45, 7) is 1.32. The van der Waals surface area contributed by atoms with Gasteiger partial charge in [0.1, 0.15) is 5.92 Å². The van der Waals surface area contributed by atoms with Crippen LogP contribution in [0.15, 0.2) is 24.3 Å². The maximum Gasteiger partial charge on any atom is 0.437 e. The van der Waals surface area contributed by atoms with Crippen molar-refractivity contribution in [1.82, 2.24) is 10.6 Å². The second-order valence-corrected chi connectivity index (χ2v) is 5.97. The molecule has 5 nitrogen and oxygen atoms in total. The van der Waals surface area contributed by atoms with Crippen LogP contribution in [-0.2, 0) is 9.53 Å². The molecule has 1 aromatic carbocycles. The molecule has 2 rings (SSSR count). The minimum Gasteiger partial charge on any atom is -0.466 e. The highest BCUT2D eigenvalue weighted by molar-refractivity contribution is 7.80. The first-order valence-corrected chi connectivity index (χ1v) is 7.68. The van der Waals surface area contributed by atoms with Crippen LogP contribution in [-0.4, -0.2) is 34.7 Å². The number of hydrogen-bond acceptors (Lipinski definition) is 4. The van der Waals surface area contributed by atoms with Gasteiger partial charge in [0.05, 0.1) is 12.6 Å². The molecule has 132 valence electrons. The van der Waals surface area contributed by atoms with Crippen LogP contribution in [0, 0.1) is 5.92 Å². The summed E-state index contributed by atoms with van der Waals surface area (Å²) in [5, 5.41) is 14.5. The summed E-state index contributed by atoms with van der Waals surface area (Å²) in [5.74, 6) is -3.22. The fraction of sp³-hybridized carbons (Fsp3) is 0.429. The van der Waals surface area contributed by atoms with Gasteiger partial charge in [0.15, 0.2) is 5.11 Å². The molecule has 1 fully saturated rings. The van der Waals surface area contributed by atoms with E-state index in [1.807, 2.05) is 0 Å². The van der Waals surface area contributed by atoms with E-state index in [-0.39, 0.29) is 6.61 Å². The summed E-state index contributed by atoms with van der Waals surface area (Å²) >= 11 is 10.5. The molecule has 0 aliphatic carbocycles. The molecule has 0 amide bonds. The lowest BCUT2D eigenvalue weighted by molar-refractivity contribution is -0.292. The van der Waals surface area contributed by atoms with Gasteiger partial charge >= 0.3 is 12.1 Å². The number of aliphatic hydroxyl groups is 1. The number of rotatable bonds is 3.